The van der Waals surface area contributed by atoms with E-state index in [0.29, 0.717) is 0 Å². The highest BCUT2D eigenvalue weighted by atomic mass is 32.1. The van der Waals surface area contributed by atoms with Gasteiger partial charge in [-0.2, -0.15) is 0 Å². The van der Waals surface area contributed by atoms with Crippen molar-refractivity contribution in [1.82, 2.24) is 0 Å². The Balaban J connectivity index is 0.988. The van der Waals surface area contributed by atoms with Gasteiger partial charge >= 0.3 is 0 Å². The molecule has 4 saturated carbocycles. The molecule has 260 valence electrons. The second-order valence-corrected chi connectivity index (χ2v) is 17.6. The molecule has 7 aromatic carbocycles. The van der Waals surface area contributed by atoms with E-state index in [9.17, 15) is 0 Å². The highest BCUT2D eigenvalue weighted by molar-refractivity contribution is 7.25. The predicted molar refractivity (Wildman–Crippen MR) is 228 cm³/mol. The molecule has 1 nitrogen and oxygen atoms in total. The summed E-state index contributed by atoms with van der Waals surface area (Å²) >= 11 is 1.89. The Bertz CT molecular complexity index is 2690. The first-order valence-electron chi connectivity index (χ1n) is 19.9. The summed E-state index contributed by atoms with van der Waals surface area (Å²) in [5.41, 5.74) is 14.9. The van der Waals surface area contributed by atoms with Crippen molar-refractivity contribution in [2.45, 2.75) is 37.5 Å². The van der Waals surface area contributed by atoms with E-state index in [2.05, 4.69) is 169 Å². The van der Waals surface area contributed by atoms with Gasteiger partial charge in [-0.15, -0.1) is 11.3 Å². The number of nitrogens with zero attached hydrogens (tertiary/aromatic N) is 1. The van der Waals surface area contributed by atoms with Gasteiger partial charge in [0, 0.05) is 42.6 Å². The normalized spacial score (nSPS) is 23.3. The van der Waals surface area contributed by atoms with Crippen LogP contribution in [-0.4, -0.2) is 0 Å². The third-order valence-electron chi connectivity index (χ3n) is 13.9. The summed E-state index contributed by atoms with van der Waals surface area (Å²) in [5.74, 6) is 3.33. The SMILES string of the molecule is c1ccc(-c2ccc(N(c3ccc(-c4ccc5c(c4)sc4ccccc45)cc3)c3ccc4c(c3)C3(c5ccccc5-4)C4CC5CC(C4)CC3C5)cc2)cc1. The van der Waals surface area contributed by atoms with Gasteiger partial charge in [-0.25, -0.2) is 0 Å². The van der Waals surface area contributed by atoms with Gasteiger partial charge in [0.2, 0.25) is 0 Å². The molecule has 0 N–H and O–H groups in total. The predicted octanol–water partition coefficient (Wildman–Crippen LogP) is 14.6. The summed E-state index contributed by atoms with van der Waals surface area (Å²) in [6, 6.07) is 61.9. The first-order chi connectivity index (χ1) is 26.7. The number of rotatable bonds is 5. The standard InChI is InChI=1S/C52H41NS/c1-2-8-35(9-3-1)36-14-19-41(20-15-36)53(42-21-16-37(17-22-42)38-18-24-47-46-11-5-7-13-50(46)54-51(47)31-38)43-23-25-45-44-10-4-6-12-48(44)52(49(45)32-43)39-27-33-26-34(29-39)30-40(52)28-33/h1-25,31-34,39-40H,26-30H2. The number of thiophene rings is 1. The van der Waals surface area contributed by atoms with Gasteiger partial charge in [0.15, 0.2) is 0 Å². The molecule has 0 unspecified atom stereocenters. The van der Waals surface area contributed by atoms with Gasteiger partial charge in [0.1, 0.15) is 0 Å². The molecule has 0 aliphatic heterocycles. The van der Waals surface area contributed by atoms with Crippen molar-refractivity contribution in [3.63, 3.8) is 0 Å². The van der Waals surface area contributed by atoms with E-state index < -0.39 is 0 Å². The second-order valence-electron chi connectivity index (χ2n) is 16.6. The van der Waals surface area contributed by atoms with Crippen molar-refractivity contribution in [2.24, 2.45) is 23.7 Å². The maximum absolute atomic E-state index is 2.62. The summed E-state index contributed by atoms with van der Waals surface area (Å²) in [5, 5.41) is 2.69. The minimum absolute atomic E-state index is 0.132. The third kappa shape index (κ3) is 4.50. The van der Waals surface area contributed by atoms with Crippen LogP contribution < -0.4 is 4.90 Å². The average molecular weight is 712 g/mol. The van der Waals surface area contributed by atoms with Crippen molar-refractivity contribution < 1.29 is 0 Å². The molecule has 1 heterocycles. The van der Waals surface area contributed by atoms with Crippen molar-refractivity contribution in [3.8, 4) is 33.4 Å². The molecule has 0 amide bonds. The fourth-order valence-corrected chi connectivity index (χ4v) is 13.0. The fourth-order valence-electron chi connectivity index (χ4n) is 11.9. The largest absolute Gasteiger partial charge is 0.310 e. The molecule has 0 atom stereocenters. The number of anilines is 3. The summed E-state index contributed by atoms with van der Waals surface area (Å²) in [6.07, 6.45) is 7.04. The smallest absolute Gasteiger partial charge is 0.0465 e. The number of fused-ring (bicyclic) bond motifs is 6. The topological polar surface area (TPSA) is 3.24 Å². The summed E-state index contributed by atoms with van der Waals surface area (Å²) < 4.78 is 2.69. The molecule has 13 rings (SSSR count). The Hall–Kier alpha value is -5.44. The lowest BCUT2D eigenvalue weighted by Gasteiger charge is -2.61. The lowest BCUT2D eigenvalue weighted by Crippen LogP contribution is -2.55. The third-order valence-corrected chi connectivity index (χ3v) is 15.0. The Morgan fingerprint density at radius 1 is 0.407 bits per heavy atom. The van der Waals surface area contributed by atoms with E-state index >= 15 is 0 Å². The highest BCUT2D eigenvalue weighted by Crippen LogP contribution is 2.69. The van der Waals surface area contributed by atoms with Gasteiger partial charge in [-0.3, -0.25) is 0 Å². The molecular weight excluding hydrogens is 671 g/mol. The number of hydrogen-bond donors (Lipinski definition) is 0. The van der Waals surface area contributed by atoms with Gasteiger partial charge in [0.05, 0.1) is 0 Å². The first-order valence-corrected chi connectivity index (χ1v) is 20.7. The van der Waals surface area contributed by atoms with E-state index in [1.807, 2.05) is 11.3 Å². The van der Waals surface area contributed by atoms with Crippen LogP contribution >= 0.6 is 11.3 Å². The van der Waals surface area contributed by atoms with E-state index in [1.165, 1.54) is 103 Å². The Kier molecular flexibility index (Phi) is 6.75. The first kappa shape index (κ1) is 31.0. The molecule has 8 aromatic rings. The van der Waals surface area contributed by atoms with Crippen LogP contribution in [0.3, 0.4) is 0 Å². The molecule has 0 saturated heterocycles. The summed E-state index contributed by atoms with van der Waals surface area (Å²) in [4.78, 5) is 2.50. The maximum Gasteiger partial charge on any atom is 0.0465 e. The van der Waals surface area contributed by atoms with Crippen LogP contribution in [0.25, 0.3) is 53.6 Å². The van der Waals surface area contributed by atoms with Crippen LogP contribution in [-0.2, 0) is 5.41 Å². The molecule has 1 spiro atoms. The van der Waals surface area contributed by atoms with Crippen LogP contribution in [0.4, 0.5) is 17.1 Å². The molecule has 4 fully saturated rings. The van der Waals surface area contributed by atoms with Gasteiger partial charge in [0.25, 0.3) is 0 Å². The van der Waals surface area contributed by atoms with Gasteiger partial charge in [-0.05, 0) is 149 Å². The zero-order chi connectivity index (χ0) is 35.4. The number of hydrogen-bond acceptors (Lipinski definition) is 2. The highest BCUT2D eigenvalue weighted by Gasteiger charge is 2.61. The van der Waals surface area contributed by atoms with E-state index in [-0.39, 0.29) is 5.41 Å². The Morgan fingerprint density at radius 2 is 0.963 bits per heavy atom. The van der Waals surface area contributed by atoms with Crippen LogP contribution in [0.15, 0.2) is 164 Å². The minimum Gasteiger partial charge on any atom is -0.310 e. The van der Waals surface area contributed by atoms with E-state index in [4.69, 9.17) is 0 Å². The van der Waals surface area contributed by atoms with E-state index in [0.717, 1.165) is 23.7 Å². The van der Waals surface area contributed by atoms with Crippen LogP contribution in [0.1, 0.15) is 43.2 Å². The lowest BCUT2D eigenvalue weighted by molar-refractivity contribution is -0.0399. The maximum atomic E-state index is 2.62. The Labute approximate surface area is 321 Å². The molecule has 4 bridgehead atoms. The quantitative estimate of drug-likeness (QED) is 0.172. The zero-order valence-corrected chi connectivity index (χ0v) is 31.1. The molecular formula is C52H41NS. The van der Waals surface area contributed by atoms with Crippen molar-refractivity contribution in [3.05, 3.63) is 175 Å². The van der Waals surface area contributed by atoms with Crippen molar-refractivity contribution in [1.29, 1.82) is 0 Å². The number of benzene rings is 7. The Morgan fingerprint density at radius 3 is 1.70 bits per heavy atom. The summed E-state index contributed by atoms with van der Waals surface area (Å²) in [6.45, 7) is 0. The minimum atomic E-state index is 0.132. The average Bonchev–Trinajstić information content (AvgIpc) is 3.74. The second kappa shape index (κ2) is 11.8. The monoisotopic (exact) mass is 711 g/mol. The van der Waals surface area contributed by atoms with E-state index in [1.54, 1.807) is 11.1 Å². The van der Waals surface area contributed by atoms with Gasteiger partial charge < -0.3 is 4.90 Å². The fraction of sp³-hybridized carbons (Fsp3) is 0.192. The van der Waals surface area contributed by atoms with Gasteiger partial charge in [-0.1, -0.05) is 115 Å². The zero-order valence-electron chi connectivity index (χ0n) is 30.3. The molecule has 1 aromatic heterocycles. The van der Waals surface area contributed by atoms with Crippen LogP contribution in [0, 0.1) is 23.7 Å². The van der Waals surface area contributed by atoms with Crippen LogP contribution in [0.2, 0.25) is 0 Å². The van der Waals surface area contributed by atoms with Crippen molar-refractivity contribution >= 4 is 48.6 Å². The molecule has 5 aliphatic carbocycles. The molecule has 0 radical (unpaired) electrons. The van der Waals surface area contributed by atoms with Crippen molar-refractivity contribution in [2.75, 3.05) is 4.90 Å². The summed E-state index contributed by atoms with van der Waals surface area (Å²) in [7, 11) is 0. The molecule has 54 heavy (non-hydrogen) atoms. The molecule has 2 heteroatoms. The lowest BCUT2D eigenvalue weighted by atomic mass is 9.43. The molecule has 5 aliphatic rings. The van der Waals surface area contributed by atoms with Crippen LogP contribution in [0.5, 0.6) is 0 Å².